The summed E-state index contributed by atoms with van der Waals surface area (Å²) >= 11 is 5.93. The monoisotopic (exact) mass is 360 g/mol. The number of halogens is 1. The molecule has 0 aliphatic rings. The first kappa shape index (κ1) is 18.9. The van der Waals surface area contributed by atoms with Crippen LogP contribution in [-0.2, 0) is 20.9 Å². The van der Waals surface area contributed by atoms with Gasteiger partial charge in [-0.3, -0.25) is 14.6 Å². The fourth-order valence-corrected chi connectivity index (χ4v) is 2.34. The summed E-state index contributed by atoms with van der Waals surface area (Å²) in [5.41, 5.74) is 0.936. The van der Waals surface area contributed by atoms with E-state index in [4.69, 9.17) is 16.3 Å². The molecular formula is C19H21ClN2O3. The zero-order valence-electron chi connectivity index (χ0n) is 14.5. The summed E-state index contributed by atoms with van der Waals surface area (Å²) in [6.45, 7) is 5.63. The predicted octanol–water partition coefficient (Wildman–Crippen LogP) is 4.00. The Labute approximate surface area is 152 Å². The third-order valence-corrected chi connectivity index (χ3v) is 3.50. The Morgan fingerprint density at radius 1 is 1.08 bits per heavy atom. The molecular weight excluding hydrogens is 340 g/mol. The number of hydrogen-bond donors (Lipinski definition) is 0. The summed E-state index contributed by atoms with van der Waals surface area (Å²) in [6.07, 6.45) is 2.99. The zero-order valence-corrected chi connectivity index (χ0v) is 15.3. The molecule has 2 aromatic rings. The molecule has 1 aromatic carbocycles. The Morgan fingerprint density at radius 2 is 1.68 bits per heavy atom. The molecule has 132 valence electrons. The van der Waals surface area contributed by atoms with Crippen LogP contribution < -0.4 is 4.90 Å². The first-order valence-electron chi connectivity index (χ1n) is 7.91. The zero-order chi connectivity index (χ0) is 18.4. The van der Waals surface area contributed by atoms with Crippen LogP contribution in [0.2, 0.25) is 5.02 Å². The number of benzene rings is 1. The lowest BCUT2D eigenvalue weighted by Crippen LogP contribution is -2.34. The summed E-state index contributed by atoms with van der Waals surface area (Å²) in [4.78, 5) is 30.2. The highest BCUT2D eigenvalue weighted by Gasteiger charge is 2.23. The molecule has 0 unspecified atom stereocenters. The van der Waals surface area contributed by atoms with Crippen LogP contribution in [0, 0.1) is 0 Å². The molecule has 25 heavy (non-hydrogen) atoms. The summed E-state index contributed by atoms with van der Waals surface area (Å²) in [6, 6.07) is 10.6. The van der Waals surface area contributed by atoms with Crippen LogP contribution in [-0.4, -0.2) is 22.5 Å². The van der Waals surface area contributed by atoms with Crippen molar-refractivity contribution in [1.82, 2.24) is 4.98 Å². The van der Waals surface area contributed by atoms with Crippen LogP contribution in [0.1, 0.15) is 32.8 Å². The largest absolute Gasteiger partial charge is 0.460 e. The molecule has 0 saturated carbocycles. The number of pyridine rings is 1. The van der Waals surface area contributed by atoms with E-state index in [9.17, 15) is 9.59 Å². The molecule has 1 heterocycles. The number of esters is 1. The van der Waals surface area contributed by atoms with Gasteiger partial charge in [-0.15, -0.1) is 0 Å². The fraction of sp³-hybridized carbons (Fsp3) is 0.316. The second kappa shape index (κ2) is 8.12. The van der Waals surface area contributed by atoms with E-state index in [1.54, 1.807) is 57.4 Å². The average molecular weight is 361 g/mol. The van der Waals surface area contributed by atoms with Gasteiger partial charge in [-0.05, 0) is 62.7 Å². The Kier molecular flexibility index (Phi) is 6.15. The molecule has 0 aliphatic carbocycles. The topological polar surface area (TPSA) is 59.5 Å². The van der Waals surface area contributed by atoms with Gasteiger partial charge in [0.2, 0.25) is 5.91 Å². The van der Waals surface area contributed by atoms with Gasteiger partial charge in [-0.2, -0.15) is 0 Å². The Morgan fingerprint density at radius 3 is 2.24 bits per heavy atom. The molecule has 2 rings (SSSR count). The van der Waals surface area contributed by atoms with Gasteiger partial charge in [0.15, 0.2) is 0 Å². The second-order valence-electron chi connectivity index (χ2n) is 6.57. The lowest BCUT2D eigenvalue weighted by molar-refractivity contribution is -0.156. The molecule has 0 saturated heterocycles. The van der Waals surface area contributed by atoms with Crippen LogP contribution in [0.3, 0.4) is 0 Å². The molecule has 0 aliphatic heterocycles. The maximum absolute atomic E-state index is 12.7. The number of hydrogen-bond acceptors (Lipinski definition) is 4. The third-order valence-electron chi connectivity index (χ3n) is 3.24. The van der Waals surface area contributed by atoms with Crippen molar-refractivity contribution in [2.75, 3.05) is 4.90 Å². The standard InChI is InChI=1S/C19H21ClN2O3/c1-19(2,3)25-18(24)12-17(23)22(13-14-8-10-21-11-9-14)16-6-4-15(20)5-7-16/h4-11H,12-13H2,1-3H3. The van der Waals surface area contributed by atoms with Crippen molar-refractivity contribution < 1.29 is 14.3 Å². The first-order valence-corrected chi connectivity index (χ1v) is 8.29. The van der Waals surface area contributed by atoms with E-state index >= 15 is 0 Å². The summed E-state index contributed by atoms with van der Waals surface area (Å²) in [5, 5.41) is 0.576. The number of amides is 1. The number of aromatic nitrogens is 1. The SMILES string of the molecule is CC(C)(C)OC(=O)CC(=O)N(Cc1ccncc1)c1ccc(Cl)cc1. The van der Waals surface area contributed by atoms with Gasteiger partial charge in [-0.25, -0.2) is 0 Å². The molecule has 5 nitrogen and oxygen atoms in total. The van der Waals surface area contributed by atoms with E-state index in [0.29, 0.717) is 17.3 Å². The van der Waals surface area contributed by atoms with Gasteiger partial charge in [0.25, 0.3) is 0 Å². The minimum Gasteiger partial charge on any atom is -0.460 e. The Balaban J connectivity index is 2.20. The molecule has 0 bridgehead atoms. The quantitative estimate of drug-likeness (QED) is 0.597. The Hall–Kier alpha value is -2.40. The highest BCUT2D eigenvalue weighted by atomic mass is 35.5. The van der Waals surface area contributed by atoms with Gasteiger partial charge in [0, 0.05) is 23.1 Å². The maximum Gasteiger partial charge on any atom is 0.315 e. The number of anilines is 1. The van der Waals surface area contributed by atoms with Crippen molar-refractivity contribution in [3.63, 3.8) is 0 Å². The van der Waals surface area contributed by atoms with Crippen LogP contribution in [0.4, 0.5) is 5.69 Å². The summed E-state index contributed by atoms with van der Waals surface area (Å²) in [5.74, 6) is -0.889. The normalized spacial score (nSPS) is 11.0. The van der Waals surface area contributed by atoms with E-state index in [1.165, 1.54) is 4.90 Å². The highest BCUT2D eigenvalue weighted by molar-refractivity contribution is 6.30. The molecule has 0 spiro atoms. The molecule has 6 heteroatoms. The van der Waals surface area contributed by atoms with Crippen LogP contribution in [0.5, 0.6) is 0 Å². The maximum atomic E-state index is 12.7. The molecule has 1 aromatic heterocycles. The minimum absolute atomic E-state index is 0.325. The second-order valence-corrected chi connectivity index (χ2v) is 7.01. The van der Waals surface area contributed by atoms with Gasteiger partial charge < -0.3 is 9.64 Å². The fourth-order valence-electron chi connectivity index (χ4n) is 2.21. The van der Waals surface area contributed by atoms with E-state index in [0.717, 1.165) is 5.56 Å². The predicted molar refractivity (Wildman–Crippen MR) is 97.3 cm³/mol. The lowest BCUT2D eigenvalue weighted by Gasteiger charge is -2.24. The van der Waals surface area contributed by atoms with Crippen LogP contribution in [0.15, 0.2) is 48.8 Å². The number of carbonyl (C=O) groups is 2. The van der Waals surface area contributed by atoms with Crippen molar-refractivity contribution >= 4 is 29.2 Å². The van der Waals surface area contributed by atoms with Crippen LogP contribution in [0.25, 0.3) is 0 Å². The molecule has 0 atom stereocenters. The summed E-state index contributed by atoms with van der Waals surface area (Å²) < 4.78 is 5.25. The van der Waals surface area contributed by atoms with Gasteiger partial charge in [-0.1, -0.05) is 11.6 Å². The molecule has 1 amide bonds. The van der Waals surface area contributed by atoms with Gasteiger partial charge in [0.05, 0.1) is 6.54 Å². The van der Waals surface area contributed by atoms with E-state index < -0.39 is 11.6 Å². The van der Waals surface area contributed by atoms with Crippen molar-refractivity contribution in [1.29, 1.82) is 0 Å². The summed E-state index contributed by atoms with van der Waals surface area (Å²) in [7, 11) is 0. The number of ether oxygens (including phenoxy) is 1. The van der Waals surface area contributed by atoms with Gasteiger partial charge in [0.1, 0.15) is 12.0 Å². The smallest absolute Gasteiger partial charge is 0.315 e. The molecule has 0 radical (unpaired) electrons. The third kappa shape index (κ3) is 6.19. The molecule has 0 N–H and O–H groups in total. The lowest BCUT2D eigenvalue weighted by atomic mass is 10.2. The van der Waals surface area contributed by atoms with Crippen LogP contribution >= 0.6 is 11.6 Å². The molecule has 0 fully saturated rings. The van der Waals surface area contributed by atoms with Crippen molar-refractivity contribution in [3.05, 3.63) is 59.4 Å². The number of carbonyl (C=O) groups excluding carboxylic acids is 2. The number of nitrogens with zero attached hydrogens (tertiary/aromatic N) is 2. The Bertz CT molecular complexity index is 725. The highest BCUT2D eigenvalue weighted by Crippen LogP contribution is 2.21. The van der Waals surface area contributed by atoms with E-state index in [1.807, 2.05) is 12.1 Å². The van der Waals surface area contributed by atoms with Crippen molar-refractivity contribution in [3.8, 4) is 0 Å². The number of rotatable bonds is 5. The first-order chi connectivity index (χ1) is 11.7. The van der Waals surface area contributed by atoms with Gasteiger partial charge >= 0.3 is 5.97 Å². The van der Waals surface area contributed by atoms with E-state index in [2.05, 4.69) is 4.98 Å². The minimum atomic E-state index is -0.631. The van der Waals surface area contributed by atoms with Crippen molar-refractivity contribution in [2.24, 2.45) is 0 Å². The van der Waals surface area contributed by atoms with E-state index in [-0.39, 0.29) is 12.3 Å². The van der Waals surface area contributed by atoms with Crippen molar-refractivity contribution in [2.45, 2.75) is 39.3 Å². The average Bonchev–Trinajstić information content (AvgIpc) is 2.52.